The van der Waals surface area contributed by atoms with E-state index in [-0.39, 0.29) is 23.5 Å². The van der Waals surface area contributed by atoms with Gasteiger partial charge in [0.1, 0.15) is 0 Å². The van der Waals surface area contributed by atoms with Crippen LogP contribution in [0.3, 0.4) is 0 Å². The van der Waals surface area contributed by atoms with Crippen molar-refractivity contribution in [2.45, 2.75) is 38.6 Å². The van der Waals surface area contributed by atoms with Gasteiger partial charge in [-0.05, 0) is 45.4 Å². The zero-order valence-corrected chi connectivity index (χ0v) is 13.3. The summed E-state index contributed by atoms with van der Waals surface area (Å²) in [5.74, 6) is -0.133. The number of aryl methyl sites for hydroxylation is 1. The van der Waals surface area contributed by atoms with Crippen LogP contribution in [-0.2, 0) is 16.0 Å². The molecule has 0 aliphatic carbocycles. The van der Waals surface area contributed by atoms with E-state index < -0.39 is 26.3 Å². The van der Waals surface area contributed by atoms with Crippen LogP contribution in [0.15, 0.2) is 18.2 Å². The van der Waals surface area contributed by atoms with E-state index >= 15 is 0 Å². The smallest absolute Gasteiger partial charge is 0.384 e. The summed E-state index contributed by atoms with van der Waals surface area (Å²) in [4.78, 5) is 0. The van der Waals surface area contributed by atoms with E-state index in [0.29, 0.717) is 0 Å². The van der Waals surface area contributed by atoms with E-state index in [1.807, 2.05) is 0 Å². The van der Waals surface area contributed by atoms with Crippen molar-refractivity contribution in [1.82, 2.24) is 0 Å². The summed E-state index contributed by atoms with van der Waals surface area (Å²) in [6, 6.07) is 3.87. The molecule has 0 atom stereocenters. The molecule has 120 valence electrons. The third kappa shape index (κ3) is 4.62. The summed E-state index contributed by atoms with van der Waals surface area (Å²) in [5.41, 5.74) is -0.321. The van der Waals surface area contributed by atoms with E-state index in [2.05, 4.69) is 5.32 Å². The fourth-order valence-corrected chi connectivity index (χ4v) is 2.66. The number of hydrogen-bond donors (Lipinski definition) is 1. The summed E-state index contributed by atoms with van der Waals surface area (Å²) < 4.78 is 61.2. The lowest BCUT2D eigenvalue weighted by Gasteiger charge is -2.19. The maximum Gasteiger partial charge on any atom is 0.416 e. The van der Waals surface area contributed by atoms with Crippen molar-refractivity contribution in [3.05, 3.63) is 29.3 Å². The molecule has 21 heavy (non-hydrogen) atoms. The van der Waals surface area contributed by atoms with Crippen LogP contribution in [-0.4, -0.2) is 25.5 Å². The minimum atomic E-state index is -4.42. The van der Waals surface area contributed by atoms with Gasteiger partial charge in [0.05, 0.1) is 16.1 Å². The number of hydrogen-bond acceptors (Lipinski definition) is 3. The molecule has 0 bridgehead atoms. The van der Waals surface area contributed by atoms with Crippen LogP contribution in [0.4, 0.5) is 18.9 Å². The Hall–Kier alpha value is -1.24. The third-order valence-electron chi connectivity index (χ3n) is 3.18. The number of benzene rings is 1. The molecule has 0 fully saturated rings. The highest BCUT2D eigenvalue weighted by Crippen LogP contribution is 2.33. The van der Waals surface area contributed by atoms with E-state index in [4.69, 9.17) is 0 Å². The lowest BCUT2D eigenvalue weighted by atomic mass is 10.1. The monoisotopic (exact) mass is 323 g/mol. The highest BCUT2D eigenvalue weighted by molar-refractivity contribution is 7.92. The molecule has 1 rings (SSSR count). The average Bonchev–Trinajstić information content (AvgIpc) is 2.28. The van der Waals surface area contributed by atoms with Gasteiger partial charge in [-0.1, -0.05) is 6.07 Å². The Morgan fingerprint density at radius 3 is 2.19 bits per heavy atom. The molecular weight excluding hydrogens is 303 g/mol. The van der Waals surface area contributed by atoms with Crippen LogP contribution in [0.2, 0.25) is 0 Å². The maximum atomic E-state index is 12.8. The molecule has 0 spiro atoms. The molecule has 3 nitrogen and oxygen atoms in total. The van der Waals surface area contributed by atoms with Gasteiger partial charge >= 0.3 is 6.18 Å². The molecular formula is C14H20F3NO2S. The van der Waals surface area contributed by atoms with Crippen LogP contribution >= 0.6 is 0 Å². The Labute approximate surface area is 123 Å². The number of nitrogens with one attached hydrogen (secondary N) is 1. The van der Waals surface area contributed by atoms with Crippen molar-refractivity contribution in [2.75, 3.05) is 17.6 Å². The standard InChI is InChI=1S/C14H20F3NO2S/c1-10-5-6-11(9-12(10)14(15,16)17)18-7-8-21(19,20)13(2,3)4/h5-6,9,18H,7-8H2,1-4H3. The Morgan fingerprint density at radius 2 is 1.71 bits per heavy atom. The maximum absolute atomic E-state index is 12.8. The summed E-state index contributed by atoms with van der Waals surface area (Å²) in [6.07, 6.45) is -4.42. The first-order chi connectivity index (χ1) is 9.34. The molecule has 7 heteroatoms. The van der Waals surface area contributed by atoms with Crippen molar-refractivity contribution in [3.63, 3.8) is 0 Å². The largest absolute Gasteiger partial charge is 0.416 e. The zero-order chi connectivity index (χ0) is 16.5. The fourth-order valence-electron chi connectivity index (χ4n) is 1.67. The molecule has 0 aliphatic heterocycles. The normalized spacial score (nSPS) is 13.3. The van der Waals surface area contributed by atoms with Crippen molar-refractivity contribution < 1.29 is 21.6 Å². The van der Waals surface area contributed by atoms with Crippen molar-refractivity contribution in [1.29, 1.82) is 0 Å². The van der Waals surface area contributed by atoms with Gasteiger partial charge in [0.25, 0.3) is 0 Å². The van der Waals surface area contributed by atoms with Gasteiger partial charge < -0.3 is 5.32 Å². The molecule has 0 aliphatic rings. The van der Waals surface area contributed by atoms with E-state index in [0.717, 1.165) is 6.07 Å². The summed E-state index contributed by atoms with van der Waals surface area (Å²) in [6.45, 7) is 6.23. The molecule has 0 saturated heterocycles. The van der Waals surface area contributed by atoms with Gasteiger partial charge in [-0.15, -0.1) is 0 Å². The minimum Gasteiger partial charge on any atom is -0.384 e. The van der Waals surface area contributed by atoms with Gasteiger partial charge in [0, 0.05) is 12.2 Å². The number of rotatable bonds is 4. The molecule has 0 amide bonds. The van der Waals surface area contributed by atoms with Gasteiger partial charge in [-0.25, -0.2) is 8.42 Å². The first-order valence-electron chi connectivity index (χ1n) is 6.48. The van der Waals surface area contributed by atoms with Gasteiger partial charge in [0.2, 0.25) is 0 Å². The number of halogens is 3. The fraction of sp³-hybridized carbons (Fsp3) is 0.571. The number of sulfone groups is 1. The van der Waals surface area contributed by atoms with E-state index in [9.17, 15) is 21.6 Å². The predicted octanol–water partition coefficient (Wildman–Crippen LogP) is 3.64. The van der Waals surface area contributed by atoms with Crippen LogP contribution in [0, 0.1) is 6.92 Å². The topological polar surface area (TPSA) is 46.2 Å². The number of anilines is 1. The van der Waals surface area contributed by atoms with Crippen molar-refractivity contribution >= 4 is 15.5 Å². The average molecular weight is 323 g/mol. The second-order valence-corrected chi connectivity index (χ2v) is 8.75. The van der Waals surface area contributed by atoms with E-state index in [1.165, 1.54) is 19.1 Å². The quantitative estimate of drug-likeness (QED) is 0.920. The Balaban J connectivity index is 2.79. The summed E-state index contributed by atoms with van der Waals surface area (Å²) in [7, 11) is -3.30. The molecule has 0 aromatic heterocycles. The number of alkyl halides is 3. The molecule has 1 N–H and O–H groups in total. The minimum absolute atomic E-state index is 0.0694. The zero-order valence-electron chi connectivity index (χ0n) is 12.5. The molecule has 0 unspecified atom stereocenters. The Kier molecular flexibility index (Phi) is 4.98. The van der Waals surface area contributed by atoms with E-state index in [1.54, 1.807) is 20.8 Å². The summed E-state index contributed by atoms with van der Waals surface area (Å²) in [5, 5.41) is 2.73. The van der Waals surface area contributed by atoms with Crippen LogP contribution in [0.25, 0.3) is 0 Å². The van der Waals surface area contributed by atoms with Gasteiger partial charge in [0.15, 0.2) is 9.84 Å². The molecule has 0 saturated carbocycles. The Morgan fingerprint density at radius 1 is 1.14 bits per heavy atom. The van der Waals surface area contributed by atoms with Crippen molar-refractivity contribution in [3.8, 4) is 0 Å². The molecule has 0 heterocycles. The SMILES string of the molecule is Cc1ccc(NCCS(=O)(=O)C(C)(C)C)cc1C(F)(F)F. The first kappa shape index (κ1) is 17.8. The molecule has 1 aromatic carbocycles. The second-order valence-electron chi connectivity index (χ2n) is 5.89. The third-order valence-corrected chi connectivity index (χ3v) is 5.78. The predicted molar refractivity (Wildman–Crippen MR) is 78.2 cm³/mol. The van der Waals surface area contributed by atoms with Crippen molar-refractivity contribution in [2.24, 2.45) is 0 Å². The molecule has 0 radical (unpaired) electrons. The summed E-state index contributed by atoms with van der Waals surface area (Å²) >= 11 is 0. The second kappa shape index (κ2) is 5.87. The lowest BCUT2D eigenvalue weighted by molar-refractivity contribution is -0.138. The van der Waals surface area contributed by atoms with Gasteiger partial charge in [-0.3, -0.25) is 0 Å². The van der Waals surface area contributed by atoms with Crippen LogP contribution in [0.1, 0.15) is 31.9 Å². The highest BCUT2D eigenvalue weighted by atomic mass is 32.2. The Bertz CT molecular complexity index is 602. The van der Waals surface area contributed by atoms with Crippen LogP contribution < -0.4 is 5.32 Å². The lowest BCUT2D eigenvalue weighted by Crippen LogP contribution is -2.32. The van der Waals surface area contributed by atoms with Crippen LogP contribution in [0.5, 0.6) is 0 Å². The first-order valence-corrected chi connectivity index (χ1v) is 8.14. The highest BCUT2D eigenvalue weighted by Gasteiger charge is 2.32. The van der Waals surface area contributed by atoms with Gasteiger partial charge in [-0.2, -0.15) is 13.2 Å². The molecule has 1 aromatic rings.